The molecule has 1 aliphatic rings. The first kappa shape index (κ1) is 63.8. The molecule has 6 aromatic carbocycles. The average molecular weight is 1180 g/mol. The first-order valence-electron chi connectivity index (χ1n) is 29.5. The van der Waals surface area contributed by atoms with Crippen LogP contribution in [0.15, 0.2) is 170 Å². The number of para-hydroxylation sites is 1. The van der Waals surface area contributed by atoms with Crippen molar-refractivity contribution in [3.05, 3.63) is 198 Å². The summed E-state index contributed by atoms with van der Waals surface area (Å²) in [7, 11) is 0. The van der Waals surface area contributed by atoms with Gasteiger partial charge < -0.3 is 68.6 Å². The lowest BCUT2D eigenvalue weighted by Gasteiger charge is -2.28. The second-order valence-corrected chi connectivity index (χ2v) is 22.0. The van der Waals surface area contributed by atoms with E-state index in [0.29, 0.717) is 41.9 Å². The number of carbonyl (C=O) groups is 7. The smallest absolute Gasteiger partial charge is 0.243 e. The molecule has 2 heterocycles. The highest BCUT2D eigenvalue weighted by atomic mass is 16.5. The van der Waals surface area contributed by atoms with Crippen molar-refractivity contribution in [2.75, 3.05) is 13.2 Å². The normalized spacial score (nSPS) is 20.5. The van der Waals surface area contributed by atoms with Crippen LogP contribution in [0.3, 0.4) is 0 Å². The molecule has 8 rings (SSSR count). The number of nitrogens with two attached hydrogens (primary N) is 2. The molecule has 0 radical (unpaired) electrons. The van der Waals surface area contributed by atoms with Gasteiger partial charge in [-0.25, -0.2) is 0 Å². The lowest BCUT2D eigenvalue weighted by molar-refractivity contribution is -0.135. The topological polar surface area (TPSA) is 321 Å². The molecule has 1 aromatic heterocycles. The number of benzene rings is 6. The van der Waals surface area contributed by atoms with Crippen molar-refractivity contribution in [1.29, 1.82) is 0 Å². The number of unbranched alkanes of at least 4 members (excludes halogenated alkanes) is 1. The zero-order chi connectivity index (χ0) is 61.7. The fourth-order valence-electron chi connectivity index (χ4n) is 10.4. The molecule has 20 heteroatoms. The maximum Gasteiger partial charge on any atom is 0.243 e. The number of H-pyrrole nitrogens is 1. The molecule has 0 fully saturated rings. The molecule has 7 amide bonds. The van der Waals surface area contributed by atoms with Gasteiger partial charge >= 0.3 is 0 Å². The van der Waals surface area contributed by atoms with Crippen LogP contribution < -0.4 is 53.4 Å². The molecular weight excluding hydrogens is 1100 g/mol. The number of amides is 7. The van der Waals surface area contributed by atoms with Crippen molar-refractivity contribution in [3.8, 4) is 5.75 Å². The van der Waals surface area contributed by atoms with E-state index in [1.54, 1.807) is 30.5 Å². The van der Waals surface area contributed by atoms with E-state index >= 15 is 14.4 Å². The van der Waals surface area contributed by atoms with Crippen molar-refractivity contribution < 1.29 is 48.5 Å². The fourth-order valence-corrected chi connectivity index (χ4v) is 10.4. The lowest BCUT2D eigenvalue weighted by Crippen LogP contribution is -2.61. The van der Waals surface area contributed by atoms with Crippen molar-refractivity contribution >= 4 is 63.0 Å². The van der Waals surface area contributed by atoms with E-state index in [1.807, 2.05) is 127 Å². The second kappa shape index (κ2) is 31.8. The van der Waals surface area contributed by atoms with Gasteiger partial charge in [0.05, 0.1) is 24.8 Å². The minimum atomic E-state index is -1.42. The Labute approximate surface area is 505 Å². The van der Waals surface area contributed by atoms with E-state index in [9.17, 15) is 29.4 Å². The standard InChI is InChI=1S/C67H78N10O10/c1-42(79)60(40-78)77-64(83)55-28-13-12-27-54(71-61(80)52(69)35-43-17-4-2-5-18-43)62(81)75-58(37-47-23-16-22-46-21-8-9-24-50(46)47)67(86)76-59(38-48-39-70-53-26-11-10-25-51(48)53)66(85)73-56(29-14-15-34-68)63(82)74-57(65(84)72-55)36-44-30-32-49(33-31-44)87-41-45-19-6-3-7-20-45/h2-13,16-26,30-33,39,42,52,54-60,70,78-79H,14-15,27-29,34-38,40-41,68-69H2,1H3,(H,71,80)(H,72,84)(H,73,85)(H,74,82)(H,75,81)(H,76,86)(H,77,83)/b13-12-/t42-,52-,54+,55+,56+,57-,58+,59-,60-/m1/s1. The molecule has 1 aliphatic heterocycles. The van der Waals surface area contributed by atoms with Gasteiger partial charge in [0, 0.05) is 36.4 Å². The van der Waals surface area contributed by atoms with Crippen LogP contribution in [0.5, 0.6) is 5.75 Å². The molecule has 9 atom stereocenters. The van der Waals surface area contributed by atoms with Gasteiger partial charge in [-0.2, -0.15) is 0 Å². The number of nitrogens with one attached hydrogen (secondary N) is 8. The third-order valence-electron chi connectivity index (χ3n) is 15.4. The van der Waals surface area contributed by atoms with E-state index in [2.05, 4.69) is 42.2 Å². The predicted molar refractivity (Wildman–Crippen MR) is 332 cm³/mol. The number of hydrogen-bond acceptors (Lipinski definition) is 12. The van der Waals surface area contributed by atoms with Crippen LogP contribution in [0.4, 0.5) is 0 Å². The SMILES string of the molecule is C[C@@H](O)[C@@H](CO)NC(=O)[C@@H]1C/C=C\C[C@H](NC(=O)[C@H](N)Cc2ccccc2)C(=O)N[C@@H](Cc2cccc3ccccc23)C(=O)N[C@H](Cc2c[nH]c3ccccc23)C(=O)N[C@@H](CCCCN)C(=O)N[C@H](Cc2ccc(OCc3ccccc3)cc2)C(=O)N1. The number of aromatic nitrogens is 1. The van der Waals surface area contributed by atoms with Gasteiger partial charge in [0.1, 0.15) is 48.6 Å². The Hall–Kier alpha value is -9.21. The summed E-state index contributed by atoms with van der Waals surface area (Å²) in [6.45, 7) is 1.31. The Kier molecular flexibility index (Phi) is 23.3. The highest BCUT2D eigenvalue weighted by Gasteiger charge is 2.35. The summed E-state index contributed by atoms with van der Waals surface area (Å²) in [6.07, 6.45) is 3.89. The van der Waals surface area contributed by atoms with Crippen LogP contribution in [-0.2, 0) is 65.9 Å². The number of rotatable bonds is 21. The monoisotopic (exact) mass is 1180 g/mol. The summed E-state index contributed by atoms with van der Waals surface area (Å²) in [6, 6.07) is 35.7. The van der Waals surface area contributed by atoms with Crippen LogP contribution in [0.1, 0.15) is 66.8 Å². The molecule has 20 nitrogen and oxygen atoms in total. The summed E-state index contributed by atoms with van der Waals surface area (Å²) in [4.78, 5) is 107. The first-order valence-corrected chi connectivity index (χ1v) is 29.5. The van der Waals surface area contributed by atoms with Crippen LogP contribution in [0.25, 0.3) is 21.7 Å². The van der Waals surface area contributed by atoms with Crippen molar-refractivity contribution in [3.63, 3.8) is 0 Å². The van der Waals surface area contributed by atoms with Crippen LogP contribution in [-0.4, -0.2) is 124 Å². The van der Waals surface area contributed by atoms with Crippen molar-refractivity contribution in [1.82, 2.24) is 42.2 Å². The van der Waals surface area contributed by atoms with E-state index < -0.39 is 102 Å². The summed E-state index contributed by atoms with van der Waals surface area (Å²) in [5, 5.41) is 42.9. The Morgan fingerprint density at radius 1 is 0.609 bits per heavy atom. The highest BCUT2D eigenvalue weighted by Crippen LogP contribution is 2.23. The number of aliphatic hydroxyl groups is 2. The third kappa shape index (κ3) is 18.4. The summed E-state index contributed by atoms with van der Waals surface area (Å²) in [5.74, 6) is -4.78. The van der Waals surface area contributed by atoms with Gasteiger partial charge in [0.15, 0.2) is 0 Å². The summed E-state index contributed by atoms with van der Waals surface area (Å²) >= 11 is 0. The van der Waals surface area contributed by atoms with Crippen molar-refractivity contribution in [2.45, 2.75) is 126 Å². The van der Waals surface area contributed by atoms with Gasteiger partial charge in [0.2, 0.25) is 41.4 Å². The molecular formula is C67H78N10O10. The Bertz CT molecular complexity index is 3460. The highest BCUT2D eigenvalue weighted by molar-refractivity contribution is 5.98. The quantitative estimate of drug-likeness (QED) is 0.0362. The third-order valence-corrected chi connectivity index (χ3v) is 15.4. The summed E-state index contributed by atoms with van der Waals surface area (Å²) < 4.78 is 6.03. The molecule has 87 heavy (non-hydrogen) atoms. The maximum atomic E-state index is 15.3. The molecule has 0 saturated carbocycles. The van der Waals surface area contributed by atoms with Gasteiger partial charge in [0.25, 0.3) is 0 Å². The first-order chi connectivity index (χ1) is 42.2. The maximum absolute atomic E-state index is 15.3. The van der Waals surface area contributed by atoms with Crippen molar-refractivity contribution in [2.24, 2.45) is 11.5 Å². The number of aromatic amines is 1. The number of hydrogen-bond donors (Lipinski definition) is 12. The summed E-state index contributed by atoms with van der Waals surface area (Å²) in [5.41, 5.74) is 16.9. The number of fused-ring (bicyclic) bond motifs is 2. The van der Waals surface area contributed by atoms with Gasteiger partial charge in [-0.05, 0) is 109 Å². The molecule has 14 N–H and O–H groups in total. The Balaban J connectivity index is 1.20. The molecule has 0 unspecified atom stereocenters. The molecule has 0 aliphatic carbocycles. The average Bonchev–Trinajstić information content (AvgIpc) is 3.72. The van der Waals surface area contributed by atoms with Crippen LogP contribution >= 0.6 is 0 Å². The zero-order valence-corrected chi connectivity index (χ0v) is 48.7. The Morgan fingerprint density at radius 2 is 1.18 bits per heavy atom. The molecule has 0 saturated heterocycles. The molecule has 0 bridgehead atoms. The Morgan fingerprint density at radius 3 is 1.87 bits per heavy atom. The van der Waals surface area contributed by atoms with Crippen LogP contribution in [0, 0.1) is 0 Å². The molecule has 7 aromatic rings. The van der Waals surface area contributed by atoms with E-state index in [1.165, 1.54) is 19.1 Å². The molecule has 456 valence electrons. The van der Waals surface area contributed by atoms with Gasteiger partial charge in [-0.3, -0.25) is 33.6 Å². The zero-order valence-electron chi connectivity index (χ0n) is 48.7. The molecule has 0 spiro atoms. The fraction of sp³-hybridized carbons (Fsp3) is 0.328. The van der Waals surface area contributed by atoms with E-state index in [4.69, 9.17) is 16.2 Å². The number of aliphatic hydroxyl groups excluding tert-OH is 2. The van der Waals surface area contributed by atoms with E-state index in [0.717, 1.165) is 32.8 Å². The van der Waals surface area contributed by atoms with E-state index in [-0.39, 0.29) is 51.5 Å². The number of ether oxygens (including phenoxy) is 1. The van der Waals surface area contributed by atoms with Crippen LogP contribution in [0.2, 0.25) is 0 Å². The van der Waals surface area contributed by atoms with Gasteiger partial charge in [-0.15, -0.1) is 0 Å². The van der Waals surface area contributed by atoms with Gasteiger partial charge in [-0.1, -0.05) is 146 Å². The largest absolute Gasteiger partial charge is 0.489 e. The second-order valence-electron chi connectivity index (χ2n) is 22.0. The predicted octanol–water partition coefficient (Wildman–Crippen LogP) is 3.74. The lowest BCUT2D eigenvalue weighted by atomic mass is 9.97. The minimum absolute atomic E-state index is 0.0594. The minimum Gasteiger partial charge on any atom is -0.489 e. The number of carbonyl (C=O) groups excluding carboxylic acids is 7.